The van der Waals surface area contributed by atoms with E-state index in [-0.39, 0.29) is 12.5 Å². The Morgan fingerprint density at radius 1 is 1.47 bits per heavy atom. The number of anilines is 1. The number of carbonyl (C=O) groups excluding carboxylic acids is 1. The summed E-state index contributed by atoms with van der Waals surface area (Å²) in [4.78, 5) is 11.7. The van der Waals surface area contributed by atoms with E-state index in [1.165, 1.54) is 0 Å². The van der Waals surface area contributed by atoms with Crippen LogP contribution in [0.1, 0.15) is 6.42 Å². The predicted octanol–water partition coefficient (Wildman–Crippen LogP) is 1.02. The first-order chi connectivity index (χ1) is 9.09. The number of carbonyl (C=O) groups is 1. The van der Waals surface area contributed by atoms with Crippen LogP contribution < -0.4 is 10.6 Å². The van der Waals surface area contributed by atoms with Crippen LogP contribution >= 0.6 is 11.6 Å². The van der Waals surface area contributed by atoms with E-state index in [0.29, 0.717) is 36.9 Å². The fourth-order valence-electron chi connectivity index (χ4n) is 1.90. The van der Waals surface area contributed by atoms with Crippen LogP contribution in [-0.2, 0) is 9.53 Å². The molecule has 19 heavy (non-hydrogen) atoms. The summed E-state index contributed by atoms with van der Waals surface area (Å²) in [5, 5.41) is 16.1. The molecule has 6 heteroatoms. The van der Waals surface area contributed by atoms with Gasteiger partial charge >= 0.3 is 0 Å². The summed E-state index contributed by atoms with van der Waals surface area (Å²) >= 11 is 5.94. The Morgan fingerprint density at radius 3 is 2.95 bits per heavy atom. The van der Waals surface area contributed by atoms with E-state index in [1.807, 2.05) is 0 Å². The summed E-state index contributed by atoms with van der Waals surface area (Å²) in [5.41, 5.74) is -0.274. The summed E-state index contributed by atoms with van der Waals surface area (Å²) in [5.74, 6) is -0.199. The van der Waals surface area contributed by atoms with Gasteiger partial charge in [0.2, 0.25) is 5.91 Å². The summed E-state index contributed by atoms with van der Waals surface area (Å²) in [6.45, 7) is 1.33. The Hall–Kier alpha value is -1.14. The molecule has 1 atom stereocenters. The van der Waals surface area contributed by atoms with Gasteiger partial charge in [0.05, 0.1) is 23.9 Å². The molecule has 2 rings (SSSR count). The Bertz CT molecular complexity index is 447. The van der Waals surface area contributed by atoms with Crippen LogP contribution in [-0.4, -0.2) is 42.9 Å². The van der Waals surface area contributed by atoms with Gasteiger partial charge in [-0.1, -0.05) is 23.7 Å². The third-order valence-corrected chi connectivity index (χ3v) is 3.30. The number of rotatable bonds is 5. The minimum Gasteiger partial charge on any atom is -0.386 e. The maximum atomic E-state index is 11.7. The fourth-order valence-corrected chi connectivity index (χ4v) is 2.08. The van der Waals surface area contributed by atoms with Crippen LogP contribution in [0.5, 0.6) is 0 Å². The van der Waals surface area contributed by atoms with Crippen molar-refractivity contribution in [2.75, 3.05) is 31.6 Å². The summed E-state index contributed by atoms with van der Waals surface area (Å²) < 4.78 is 5.12. The van der Waals surface area contributed by atoms with E-state index in [9.17, 15) is 9.90 Å². The van der Waals surface area contributed by atoms with Crippen LogP contribution in [0.4, 0.5) is 5.69 Å². The lowest BCUT2D eigenvalue weighted by Crippen LogP contribution is -2.43. The molecule has 1 aromatic rings. The molecule has 3 N–H and O–H groups in total. The lowest BCUT2D eigenvalue weighted by molar-refractivity contribution is -0.115. The largest absolute Gasteiger partial charge is 0.386 e. The van der Waals surface area contributed by atoms with E-state index >= 15 is 0 Å². The molecule has 1 heterocycles. The van der Waals surface area contributed by atoms with Gasteiger partial charge in [-0.3, -0.25) is 4.79 Å². The predicted molar refractivity (Wildman–Crippen MR) is 73.3 cm³/mol. The van der Waals surface area contributed by atoms with Gasteiger partial charge in [0.1, 0.15) is 5.60 Å². The third kappa shape index (κ3) is 4.18. The Balaban J connectivity index is 1.74. The molecule has 0 spiro atoms. The number of hydrogen-bond acceptors (Lipinski definition) is 4. The highest BCUT2D eigenvalue weighted by Gasteiger charge is 2.31. The standard InChI is InChI=1S/C13H17ClN2O3/c14-10-3-1-2-4-11(10)16-12(17)7-15-8-13(18)5-6-19-9-13/h1-4,15,18H,5-9H2,(H,16,17). The molecule has 1 aliphatic heterocycles. The third-order valence-electron chi connectivity index (χ3n) is 2.97. The molecule has 1 fully saturated rings. The second-order valence-corrected chi connectivity index (χ2v) is 5.07. The van der Waals surface area contributed by atoms with Crippen molar-refractivity contribution < 1.29 is 14.6 Å². The summed E-state index contributed by atoms with van der Waals surface area (Å²) in [6, 6.07) is 7.04. The van der Waals surface area contributed by atoms with Crippen molar-refractivity contribution in [2.24, 2.45) is 0 Å². The van der Waals surface area contributed by atoms with Gasteiger partial charge in [-0.15, -0.1) is 0 Å². The lowest BCUT2D eigenvalue weighted by Gasteiger charge is -2.20. The highest BCUT2D eigenvalue weighted by molar-refractivity contribution is 6.33. The first-order valence-corrected chi connectivity index (χ1v) is 6.52. The van der Waals surface area contributed by atoms with Crippen LogP contribution in [0.25, 0.3) is 0 Å². The van der Waals surface area contributed by atoms with E-state index in [0.717, 1.165) is 0 Å². The molecule has 1 saturated heterocycles. The Morgan fingerprint density at radius 2 is 2.26 bits per heavy atom. The monoisotopic (exact) mass is 284 g/mol. The van der Waals surface area contributed by atoms with Crippen molar-refractivity contribution in [3.63, 3.8) is 0 Å². The second kappa shape index (κ2) is 6.34. The zero-order valence-electron chi connectivity index (χ0n) is 10.5. The molecule has 0 radical (unpaired) electrons. The normalized spacial score (nSPS) is 22.4. The Kier molecular flexibility index (Phi) is 4.76. The number of benzene rings is 1. The number of halogens is 1. The number of aliphatic hydroxyl groups is 1. The molecule has 0 aromatic heterocycles. The van der Waals surface area contributed by atoms with Crippen molar-refractivity contribution in [3.8, 4) is 0 Å². The first-order valence-electron chi connectivity index (χ1n) is 6.14. The van der Waals surface area contributed by atoms with Crippen molar-refractivity contribution in [3.05, 3.63) is 29.3 Å². The van der Waals surface area contributed by atoms with E-state index in [2.05, 4.69) is 10.6 Å². The van der Waals surface area contributed by atoms with Gasteiger partial charge in [0, 0.05) is 19.6 Å². The number of hydrogen-bond donors (Lipinski definition) is 3. The van der Waals surface area contributed by atoms with Gasteiger partial charge in [0.25, 0.3) is 0 Å². The molecule has 1 unspecified atom stereocenters. The van der Waals surface area contributed by atoms with Crippen LogP contribution in [0, 0.1) is 0 Å². The Labute approximate surface area is 116 Å². The second-order valence-electron chi connectivity index (χ2n) is 4.66. The van der Waals surface area contributed by atoms with Crippen LogP contribution in [0.3, 0.4) is 0 Å². The lowest BCUT2D eigenvalue weighted by atomic mass is 10.0. The van der Waals surface area contributed by atoms with Gasteiger partial charge < -0.3 is 20.5 Å². The van der Waals surface area contributed by atoms with Crippen LogP contribution in [0.15, 0.2) is 24.3 Å². The summed E-state index contributed by atoms with van der Waals surface area (Å²) in [6.07, 6.45) is 0.589. The maximum absolute atomic E-state index is 11.7. The first kappa shape index (κ1) is 14.3. The fraction of sp³-hybridized carbons (Fsp3) is 0.462. The zero-order valence-corrected chi connectivity index (χ0v) is 11.2. The van der Waals surface area contributed by atoms with Crippen molar-refractivity contribution in [2.45, 2.75) is 12.0 Å². The number of para-hydroxylation sites is 1. The maximum Gasteiger partial charge on any atom is 0.238 e. The highest BCUT2D eigenvalue weighted by Crippen LogP contribution is 2.20. The van der Waals surface area contributed by atoms with E-state index in [1.54, 1.807) is 24.3 Å². The molecule has 1 aliphatic rings. The van der Waals surface area contributed by atoms with Crippen molar-refractivity contribution in [1.82, 2.24) is 5.32 Å². The average Bonchev–Trinajstić information content (AvgIpc) is 2.79. The molecule has 0 saturated carbocycles. The van der Waals surface area contributed by atoms with E-state index in [4.69, 9.17) is 16.3 Å². The van der Waals surface area contributed by atoms with Gasteiger partial charge in [-0.2, -0.15) is 0 Å². The molecular weight excluding hydrogens is 268 g/mol. The number of nitrogens with one attached hydrogen (secondary N) is 2. The highest BCUT2D eigenvalue weighted by atomic mass is 35.5. The molecule has 1 amide bonds. The molecule has 0 aliphatic carbocycles. The number of ether oxygens (including phenoxy) is 1. The topological polar surface area (TPSA) is 70.6 Å². The quantitative estimate of drug-likeness (QED) is 0.755. The molecule has 5 nitrogen and oxygen atoms in total. The minimum atomic E-state index is -0.856. The molecule has 1 aromatic carbocycles. The van der Waals surface area contributed by atoms with Crippen LogP contribution in [0.2, 0.25) is 5.02 Å². The average molecular weight is 285 g/mol. The van der Waals surface area contributed by atoms with E-state index < -0.39 is 5.60 Å². The van der Waals surface area contributed by atoms with Crippen molar-refractivity contribution >= 4 is 23.2 Å². The molecular formula is C13H17ClN2O3. The molecule has 0 bridgehead atoms. The SMILES string of the molecule is O=C(CNCC1(O)CCOC1)Nc1ccccc1Cl. The molecule has 104 valence electrons. The van der Waals surface area contributed by atoms with Gasteiger partial charge in [0.15, 0.2) is 0 Å². The number of amides is 1. The zero-order chi connectivity index (χ0) is 13.7. The summed E-state index contributed by atoms with van der Waals surface area (Å²) in [7, 11) is 0. The smallest absolute Gasteiger partial charge is 0.238 e. The van der Waals surface area contributed by atoms with Gasteiger partial charge in [-0.05, 0) is 12.1 Å². The van der Waals surface area contributed by atoms with Gasteiger partial charge in [-0.25, -0.2) is 0 Å². The van der Waals surface area contributed by atoms with Crippen molar-refractivity contribution in [1.29, 1.82) is 0 Å². The minimum absolute atomic E-state index is 0.119.